The van der Waals surface area contributed by atoms with E-state index in [9.17, 15) is 5.21 Å². The summed E-state index contributed by atoms with van der Waals surface area (Å²) in [5.41, 5.74) is 4.42. The van der Waals surface area contributed by atoms with E-state index in [1.165, 1.54) is 17.5 Å². The first-order chi connectivity index (χ1) is 7.79. The second-order valence-electron chi connectivity index (χ2n) is 4.57. The van der Waals surface area contributed by atoms with E-state index in [2.05, 4.69) is 6.92 Å². The smallest absolute Gasteiger partial charge is 0.224 e. The molecule has 0 aliphatic heterocycles. The van der Waals surface area contributed by atoms with Gasteiger partial charge in [-0.15, -0.1) is 0 Å². The van der Waals surface area contributed by atoms with Gasteiger partial charge in [0.15, 0.2) is 5.69 Å². The highest BCUT2D eigenvalue weighted by Gasteiger charge is 2.22. The Morgan fingerprint density at radius 3 is 2.75 bits per heavy atom. The highest BCUT2D eigenvalue weighted by Crippen LogP contribution is 2.26. The van der Waals surface area contributed by atoms with Crippen LogP contribution in [0.1, 0.15) is 29.7 Å². The minimum Gasteiger partial charge on any atom is -0.618 e. The third-order valence-corrected chi connectivity index (χ3v) is 3.66. The number of fused-ring (bicyclic) bond motifs is 2. The molecule has 82 valence electrons. The van der Waals surface area contributed by atoms with Crippen molar-refractivity contribution in [1.29, 1.82) is 0 Å². The second-order valence-corrected chi connectivity index (χ2v) is 4.57. The van der Waals surface area contributed by atoms with Gasteiger partial charge < -0.3 is 5.21 Å². The average molecular weight is 213 g/mol. The number of para-hydroxylation sites is 1. The van der Waals surface area contributed by atoms with Crippen LogP contribution in [0.3, 0.4) is 0 Å². The largest absolute Gasteiger partial charge is 0.618 e. The Kier molecular flexibility index (Phi) is 2.10. The van der Waals surface area contributed by atoms with Gasteiger partial charge in [0.2, 0.25) is 5.52 Å². The van der Waals surface area contributed by atoms with Gasteiger partial charge >= 0.3 is 0 Å². The van der Waals surface area contributed by atoms with Crippen LogP contribution in [0.4, 0.5) is 0 Å². The number of aromatic nitrogens is 1. The highest BCUT2D eigenvalue weighted by molar-refractivity contribution is 5.80. The third kappa shape index (κ3) is 1.22. The first-order valence-electron chi connectivity index (χ1n) is 5.91. The molecule has 2 nitrogen and oxygen atoms in total. The first-order valence-corrected chi connectivity index (χ1v) is 5.91. The SMILES string of the molecule is Cc1c2c([n+]([O-])c3ccccc13)CCCC2. The Morgan fingerprint density at radius 1 is 1.12 bits per heavy atom. The topological polar surface area (TPSA) is 26.9 Å². The van der Waals surface area contributed by atoms with E-state index in [1.807, 2.05) is 24.3 Å². The van der Waals surface area contributed by atoms with Crippen LogP contribution in [0, 0.1) is 12.1 Å². The summed E-state index contributed by atoms with van der Waals surface area (Å²) in [5.74, 6) is 0. The molecule has 0 N–H and O–H groups in total. The maximum Gasteiger partial charge on any atom is 0.224 e. The molecule has 3 rings (SSSR count). The van der Waals surface area contributed by atoms with E-state index in [4.69, 9.17) is 0 Å². The summed E-state index contributed by atoms with van der Waals surface area (Å²) in [5, 5.41) is 13.4. The molecule has 0 radical (unpaired) electrons. The molecule has 1 aliphatic rings. The molecule has 2 heteroatoms. The van der Waals surface area contributed by atoms with Crippen molar-refractivity contribution in [2.45, 2.75) is 32.6 Å². The summed E-state index contributed by atoms with van der Waals surface area (Å²) in [6.45, 7) is 2.15. The Bertz CT molecular complexity index is 510. The summed E-state index contributed by atoms with van der Waals surface area (Å²) in [6.07, 6.45) is 4.36. The number of aryl methyl sites for hydroxylation is 1. The number of nitrogens with zero attached hydrogens (tertiary/aromatic N) is 1. The zero-order chi connectivity index (χ0) is 11.1. The molecule has 0 bridgehead atoms. The van der Waals surface area contributed by atoms with Crippen LogP contribution in [-0.2, 0) is 12.8 Å². The fraction of sp³-hybridized carbons (Fsp3) is 0.357. The molecule has 1 aliphatic carbocycles. The van der Waals surface area contributed by atoms with Gasteiger partial charge in [-0.1, -0.05) is 12.1 Å². The van der Waals surface area contributed by atoms with E-state index in [1.54, 1.807) is 0 Å². The molecule has 0 atom stereocenters. The molecule has 0 fully saturated rings. The second kappa shape index (κ2) is 3.48. The molecule has 0 unspecified atom stereocenters. The lowest BCUT2D eigenvalue weighted by molar-refractivity contribution is -0.587. The minimum atomic E-state index is 0.820. The molecule has 0 saturated heterocycles. The van der Waals surface area contributed by atoms with Crippen LogP contribution in [0.15, 0.2) is 24.3 Å². The van der Waals surface area contributed by atoms with Crippen molar-refractivity contribution in [3.05, 3.63) is 46.3 Å². The normalized spacial score (nSPS) is 15.1. The van der Waals surface area contributed by atoms with E-state index >= 15 is 0 Å². The van der Waals surface area contributed by atoms with Crippen molar-refractivity contribution in [3.8, 4) is 0 Å². The lowest BCUT2D eigenvalue weighted by Crippen LogP contribution is -2.36. The van der Waals surface area contributed by atoms with E-state index < -0.39 is 0 Å². The molecule has 16 heavy (non-hydrogen) atoms. The number of benzene rings is 1. The lowest BCUT2D eigenvalue weighted by Gasteiger charge is -2.19. The predicted octanol–water partition coefficient (Wildman–Crippen LogP) is 2.66. The molecule has 1 heterocycles. The minimum absolute atomic E-state index is 0.820. The molecule has 1 aromatic heterocycles. The van der Waals surface area contributed by atoms with Crippen molar-refractivity contribution >= 4 is 10.9 Å². The zero-order valence-corrected chi connectivity index (χ0v) is 9.49. The Morgan fingerprint density at radius 2 is 1.88 bits per heavy atom. The van der Waals surface area contributed by atoms with Crippen LogP contribution < -0.4 is 4.73 Å². The highest BCUT2D eigenvalue weighted by atomic mass is 16.5. The Hall–Kier alpha value is -1.57. The van der Waals surface area contributed by atoms with Gasteiger partial charge in [-0.2, -0.15) is 4.73 Å². The van der Waals surface area contributed by atoms with Crippen molar-refractivity contribution in [2.24, 2.45) is 0 Å². The quantitative estimate of drug-likeness (QED) is 0.488. The summed E-state index contributed by atoms with van der Waals surface area (Å²) < 4.78 is 1.15. The fourth-order valence-corrected chi connectivity index (χ4v) is 2.79. The number of hydrogen-bond donors (Lipinski definition) is 0. The summed E-state index contributed by atoms with van der Waals surface area (Å²) in [6, 6.07) is 7.91. The van der Waals surface area contributed by atoms with E-state index in [0.717, 1.165) is 40.6 Å². The third-order valence-electron chi connectivity index (χ3n) is 3.66. The van der Waals surface area contributed by atoms with Crippen molar-refractivity contribution in [2.75, 3.05) is 0 Å². The predicted molar refractivity (Wildman–Crippen MR) is 64.3 cm³/mol. The maximum atomic E-state index is 12.2. The average Bonchev–Trinajstić information content (AvgIpc) is 2.36. The monoisotopic (exact) mass is 213 g/mol. The van der Waals surface area contributed by atoms with Crippen LogP contribution in [-0.4, -0.2) is 0 Å². The Balaban J connectivity index is 2.44. The van der Waals surface area contributed by atoms with Gasteiger partial charge in [0.1, 0.15) is 0 Å². The summed E-state index contributed by atoms with van der Waals surface area (Å²) >= 11 is 0. The fourth-order valence-electron chi connectivity index (χ4n) is 2.79. The van der Waals surface area contributed by atoms with Crippen LogP contribution in [0.5, 0.6) is 0 Å². The first kappa shape index (κ1) is 9.64. The van der Waals surface area contributed by atoms with Gasteiger partial charge in [0.25, 0.3) is 0 Å². The molecule has 0 amide bonds. The summed E-state index contributed by atoms with van der Waals surface area (Å²) in [7, 11) is 0. The number of rotatable bonds is 0. The van der Waals surface area contributed by atoms with Gasteiger partial charge in [-0.25, -0.2) is 0 Å². The standard InChI is InChI=1S/C14H15NO/c1-10-11-6-2-4-8-13(11)15(16)14-9-5-3-7-12(10)14/h2,4,6,8H,3,5,7,9H2,1H3. The van der Waals surface area contributed by atoms with Crippen LogP contribution in [0.25, 0.3) is 10.9 Å². The molecule has 0 saturated carbocycles. The zero-order valence-electron chi connectivity index (χ0n) is 9.49. The molecule has 1 aromatic carbocycles. The van der Waals surface area contributed by atoms with Gasteiger partial charge in [0, 0.05) is 18.1 Å². The molecular formula is C14H15NO. The molecular weight excluding hydrogens is 198 g/mol. The van der Waals surface area contributed by atoms with Crippen LogP contribution >= 0.6 is 0 Å². The summed E-state index contributed by atoms with van der Waals surface area (Å²) in [4.78, 5) is 0. The van der Waals surface area contributed by atoms with Gasteiger partial charge in [0.05, 0.1) is 5.39 Å². The maximum absolute atomic E-state index is 12.2. The van der Waals surface area contributed by atoms with Gasteiger partial charge in [-0.05, 0) is 37.8 Å². The van der Waals surface area contributed by atoms with Crippen molar-refractivity contribution in [3.63, 3.8) is 0 Å². The molecule has 0 spiro atoms. The van der Waals surface area contributed by atoms with Crippen molar-refractivity contribution < 1.29 is 4.73 Å². The van der Waals surface area contributed by atoms with Crippen LogP contribution in [0.2, 0.25) is 0 Å². The number of pyridine rings is 1. The van der Waals surface area contributed by atoms with E-state index in [0.29, 0.717) is 0 Å². The lowest BCUT2D eigenvalue weighted by atomic mass is 9.90. The van der Waals surface area contributed by atoms with Gasteiger partial charge in [-0.3, -0.25) is 0 Å². The van der Waals surface area contributed by atoms with Crippen molar-refractivity contribution in [1.82, 2.24) is 0 Å². The number of hydrogen-bond acceptors (Lipinski definition) is 1. The molecule has 2 aromatic rings. The Labute approximate surface area is 95.1 Å². The van der Waals surface area contributed by atoms with E-state index in [-0.39, 0.29) is 0 Å².